The lowest BCUT2D eigenvalue weighted by Gasteiger charge is -2.33. The van der Waals surface area contributed by atoms with Gasteiger partial charge in [0.05, 0.1) is 22.6 Å². The lowest BCUT2D eigenvalue weighted by molar-refractivity contribution is 0.443. The highest BCUT2D eigenvalue weighted by Gasteiger charge is 2.25. The smallest absolute Gasteiger partial charge is 0.146 e. The number of imidazole rings is 1. The number of rotatable bonds is 7. The SMILES string of the molecule is C1=C(c2ccc(-c3ccc(-n4c(-c5cccc6ccccc56)nc5c6ccccc6c6ncccc6c54)cc3)cc2)NC(c2ccccc2)NC1c1ccc(-c2ccccc2)cc1. The van der Waals surface area contributed by atoms with Gasteiger partial charge in [-0.2, -0.15) is 0 Å². The summed E-state index contributed by atoms with van der Waals surface area (Å²) >= 11 is 0. The van der Waals surface area contributed by atoms with Crippen molar-refractivity contribution >= 4 is 49.2 Å². The van der Waals surface area contributed by atoms with Crippen LogP contribution in [0.1, 0.15) is 28.9 Å². The highest BCUT2D eigenvalue weighted by atomic mass is 15.2. The maximum atomic E-state index is 5.51. The summed E-state index contributed by atoms with van der Waals surface area (Å²) in [5, 5.41) is 13.3. The maximum Gasteiger partial charge on any atom is 0.146 e. The first-order chi connectivity index (χ1) is 31.2. The molecule has 0 spiro atoms. The van der Waals surface area contributed by atoms with Crippen LogP contribution in [0.3, 0.4) is 0 Å². The molecule has 11 aromatic rings. The van der Waals surface area contributed by atoms with E-state index in [1.165, 1.54) is 33.0 Å². The van der Waals surface area contributed by atoms with E-state index in [-0.39, 0.29) is 12.2 Å². The van der Waals surface area contributed by atoms with E-state index in [2.05, 4.69) is 228 Å². The number of nitrogens with one attached hydrogen (secondary N) is 2. The molecule has 5 nitrogen and oxygen atoms in total. The van der Waals surface area contributed by atoms with Crippen LogP contribution >= 0.6 is 0 Å². The topological polar surface area (TPSA) is 54.8 Å². The van der Waals surface area contributed by atoms with E-state index >= 15 is 0 Å². The molecule has 9 aromatic carbocycles. The van der Waals surface area contributed by atoms with Gasteiger partial charge in [0.25, 0.3) is 0 Å². The zero-order valence-corrected chi connectivity index (χ0v) is 34.4. The van der Waals surface area contributed by atoms with E-state index < -0.39 is 0 Å². The minimum absolute atomic E-state index is 0.0208. The van der Waals surface area contributed by atoms with E-state index in [9.17, 15) is 0 Å². The molecule has 298 valence electrons. The molecule has 0 fully saturated rings. The molecule has 2 unspecified atom stereocenters. The Morgan fingerprint density at radius 1 is 0.429 bits per heavy atom. The second kappa shape index (κ2) is 15.4. The molecule has 2 atom stereocenters. The van der Waals surface area contributed by atoms with Crippen LogP contribution in [-0.2, 0) is 0 Å². The normalized spacial score (nSPS) is 15.1. The first-order valence-corrected chi connectivity index (χ1v) is 21.6. The summed E-state index contributed by atoms with van der Waals surface area (Å²) in [7, 11) is 0. The molecule has 1 aliphatic heterocycles. The molecule has 12 rings (SSSR count). The van der Waals surface area contributed by atoms with E-state index in [4.69, 9.17) is 9.97 Å². The minimum Gasteiger partial charge on any atom is -0.366 e. The Balaban J connectivity index is 0.919. The lowest BCUT2D eigenvalue weighted by Crippen LogP contribution is -2.39. The summed E-state index contributed by atoms with van der Waals surface area (Å²) in [6.07, 6.45) is 4.14. The summed E-state index contributed by atoms with van der Waals surface area (Å²) in [6, 6.07) is 75.7. The van der Waals surface area contributed by atoms with Crippen molar-refractivity contribution in [2.45, 2.75) is 12.2 Å². The first kappa shape index (κ1) is 36.7. The van der Waals surface area contributed by atoms with Gasteiger partial charge < -0.3 is 5.32 Å². The summed E-state index contributed by atoms with van der Waals surface area (Å²) in [6.45, 7) is 0. The Labute approximate surface area is 365 Å². The van der Waals surface area contributed by atoms with Crippen molar-refractivity contribution in [1.82, 2.24) is 25.2 Å². The number of benzene rings is 9. The molecule has 0 saturated heterocycles. The van der Waals surface area contributed by atoms with Gasteiger partial charge in [0.1, 0.15) is 12.0 Å². The molecule has 5 heteroatoms. The van der Waals surface area contributed by atoms with Crippen molar-refractivity contribution in [3.05, 3.63) is 241 Å². The van der Waals surface area contributed by atoms with Crippen molar-refractivity contribution in [3.8, 4) is 39.3 Å². The Bertz CT molecular complexity index is 3480. The highest BCUT2D eigenvalue weighted by molar-refractivity contribution is 6.23. The van der Waals surface area contributed by atoms with Crippen molar-refractivity contribution in [2.24, 2.45) is 0 Å². The van der Waals surface area contributed by atoms with Crippen molar-refractivity contribution in [1.29, 1.82) is 0 Å². The molecule has 2 aromatic heterocycles. The van der Waals surface area contributed by atoms with Gasteiger partial charge in [-0.15, -0.1) is 0 Å². The van der Waals surface area contributed by atoms with E-state index in [1.807, 2.05) is 12.3 Å². The predicted octanol–water partition coefficient (Wildman–Crippen LogP) is 13.9. The van der Waals surface area contributed by atoms with E-state index in [0.717, 1.165) is 72.2 Å². The fourth-order valence-corrected chi connectivity index (χ4v) is 9.41. The molecule has 0 saturated carbocycles. The molecule has 0 amide bonds. The Morgan fingerprint density at radius 3 is 1.75 bits per heavy atom. The molecule has 63 heavy (non-hydrogen) atoms. The molecular formula is C58H41N5. The fourth-order valence-electron chi connectivity index (χ4n) is 9.41. The molecule has 3 heterocycles. The van der Waals surface area contributed by atoms with Gasteiger partial charge in [-0.25, -0.2) is 4.98 Å². The summed E-state index contributed by atoms with van der Waals surface area (Å²) in [5.41, 5.74) is 14.5. The monoisotopic (exact) mass is 807 g/mol. The second-order valence-corrected chi connectivity index (χ2v) is 16.3. The van der Waals surface area contributed by atoms with Crippen LogP contribution in [0.4, 0.5) is 0 Å². The number of hydrogen-bond acceptors (Lipinski definition) is 4. The molecular weight excluding hydrogens is 767 g/mol. The molecule has 0 aliphatic carbocycles. The number of hydrogen-bond donors (Lipinski definition) is 2. The third-order valence-corrected chi connectivity index (χ3v) is 12.6. The number of fused-ring (bicyclic) bond motifs is 7. The molecule has 0 radical (unpaired) electrons. The Hall–Kier alpha value is -8.12. The third-order valence-electron chi connectivity index (χ3n) is 12.6. The van der Waals surface area contributed by atoms with Crippen molar-refractivity contribution in [3.63, 3.8) is 0 Å². The average molecular weight is 808 g/mol. The number of nitrogens with zero attached hydrogens (tertiary/aromatic N) is 3. The van der Waals surface area contributed by atoms with Crippen molar-refractivity contribution in [2.75, 3.05) is 0 Å². The maximum absolute atomic E-state index is 5.51. The second-order valence-electron chi connectivity index (χ2n) is 16.3. The number of aromatic nitrogens is 3. The molecule has 2 N–H and O–H groups in total. The third kappa shape index (κ3) is 6.54. The van der Waals surface area contributed by atoms with Gasteiger partial charge in [-0.3, -0.25) is 14.9 Å². The van der Waals surface area contributed by atoms with Crippen LogP contribution in [0.15, 0.2) is 225 Å². The standard InChI is InChI=1S/C58H41N5/c1-3-13-38(14-4-1)39-24-28-43(29-25-39)52-37-53(61-57(60-52)45-16-5-2-6-17-45)44-30-26-40(27-31-44)41-32-34-46(35-33-41)63-56-51-23-12-36-59-54(51)48-20-9-10-21-49(48)55(56)62-58(63)50-22-11-18-42-15-7-8-19-47(42)50/h1-37,52,57,60-61H. The Kier molecular flexibility index (Phi) is 8.98. The molecule has 1 aliphatic rings. The largest absolute Gasteiger partial charge is 0.366 e. The lowest BCUT2D eigenvalue weighted by atomic mass is 9.95. The van der Waals surface area contributed by atoms with Gasteiger partial charge in [0.2, 0.25) is 0 Å². The van der Waals surface area contributed by atoms with Crippen LogP contribution < -0.4 is 10.6 Å². The van der Waals surface area contributed by atoms with Gasteiger partial charge in [-0.1, -0.05) is 188 Å². The van der Waals surface area contributed by atoms with E-state index in [0.29, 0.717) is 0 Å². The summed E-state index contributed by atoms with van der Waals surface area (Å²) in [5.74, 6) is 0.905. The van der Waals surface area contributed by atoms with Crippen LogP contribution in [0, 0.1) is 0 Å². The van der Waals surface area contributed by atoms with Gasteiger partial charge in [0.15, 0.2) is 0 Å². The average Bonchev–Trinajstić information content (AvgIpc) is 3.78. The predicted molar refractivity (Wildman–Crippen MR) is 260 cm³/mol. The van der Waals surface area contributed by atoms with Crippen LogP contribution in [0.2, 0.25) is 0 Å². The van der Waals surface area contributed by atoms with Gasteiger partial charge in [0, 0.05) is 39.3 Å². The zero-order valence-electron chi connectivity index (χ0n) is 34.4. The van der Waals surface area contributed by atoms with Crippen LogP contribution in [0.5, 0.6) is 0 Å². The van der Waals surface area contributed by atoms with Gasteiger partial charge in [-0.05, 0) is 80.1 Å². The fraction of sp³-hybridized carbons (Fsp3) is 0.0345. The van der Waals surface area contributed by atoms with E-state index in [1.54, 1.807) is 0 Å². The quantitative estimate of drug-likeness (QED) is 0.158. The molecule has 0 bridgehead atoms. The highest BCUT2D eigenvalue weighted by Crippen LogP contribution is 2.40. The first-order valence-electron chi connectivity index (χ1n) is 21.6. The van der Waals surface area contributed by atoms with Crippen LogP contribution in [0.25, 0.3) is 88.5 Å². The zero-order chi connectivity index (χ0) is 41.7. The van der Waals surface area contributed by atoms with Crippen molar-refractivity contribution < 1.29 is 0 Å². The number of pyridine rings is 1. The summed E-state index contributed by atoms with van der Waals surface area (Å²) < 4.78 is 2.34. The Morgan fingerprint density at radius 2 is 1.00 bits per heavy atom. The van der Waals surface area contributed by atoms with Gasteiger partial charge >= 0.3 is 0 Å². The minimum atomic E-state index is -0.0545. The van der Waals surface area contributed by atoms with Crippen LogP contribution in [-0.4, -0.2) is 14.5 Å². The summed E-state index contributed by atoms with van der Waals surface area (Å²) in [4.78, 5) is 10.4.